The third kappa shape index (κ3) is 2.97. The molecule has 8 nitrogen and oxygen atoms in total. The molecule has 0 bridgehead atoms. The van der Waals surface area contributed by atoms with Crippen molar-refractivity contribution in [3.8, 4) is 22.2 Å². The van der Waals surface area contributed by atoms with E-state index in [1.165, 1.54) is 11.3 Å². The molecule has 0 aliphatic rings. The van der Waals surface area contributed by atoms with E-state index in [0.717, 1.165) is 21.6 Å². The number of fused-ring (bicyclic) bond motifs is 1. The Morgan fingerprint density at radius 2 is 2.21 bits per heavy atom. The van der Waals surface area contributed by atoms with Crippen LogP contribution in [0.4, 0.5) is 5.69 Å². The molecule has 0 unspecified atom stereocenters. The number of imidazole rings is 1. The smallest absolute Gasteiger partial charge is 0.275 e. The second-order valence-electron chi connectivity index (χ2n) is 6.19. The van der Waals surface area contributed by atoms with Crippen molar-refractivity contribution in [2.24, 2.45) is 7.05 Å². The number of aryl methyl sites for hydroxylation is 1. The summed E-state index contributed by atoms with van der Waals surface area (Å²) in [5.74, 6) is 1.03. The predicted octanol–water partition coefficient (Wildman–Crippen LogP) is 3.93. The number of nitrogens with zero attached hydrogens (tertiary/aromatic N) is 4. The minimum Gasteiger partial charge on any atom is -0.461 e. The zero-order chi connectivity index (χ0) is 19.1. The quantitative estimate of drug-likeness (QED) is 0.484. The average Bonchev–Trinajstić information content (AvgIpc) is 3.45. The van der Waals surface area contributed by atoms with Crippen molar-refractivity contribution in [3.05, 3.63) is 60.1 Å². The lowest BCUT2D eigenvalue weighted by atomic mass is 10.2. The number of hydrogen-bond acceptors (Lipinski definition) is 6. The number of furan rings is 1. The number of hydrogen-bond donors (Lipinski definition) is 2. The van der Waals surface area contributed by atoms with Crippen LogP contribution in [-0.4, -0.2) is 30.6 Å². The highest BCUT2D eigenvalue weighted by molar-refractivity contribution is 7.13. The minimum absolute atomic E-state index is 0.267. The van der Waals surface area contributed by atoms with Gasteiger partial charge in [-0.25, -0.2) is 9.97 Å². The van der Waals surface area contributed by atoms with Gasteiger partial charge in [-0.15, -0.1) is 11.3 Å². The number of nitrogens with one attached hydrogen (secondary N) is 2. The van der Waals surface area contributed by atoms with E-state index in [4.69, 9.17) is 4.42 Å². The fraction of sp³-hybridized carbons (Fsp3) is 0.0526. The first-order valence-electron chi connectivity index (χ1n) is 8.45. The van der Waals surface area contributed by atoms with Crippen molar-refractivity contribution < 1.29 is 9.21 Å². The monoisotopic (exact) mass is 390 g/mol. The molecule has 1 amide bonds. The molecule has 138 valence electrons. The summed E-state index contributed by atoms with van der Waals surface area (Å²) in [6.07, 6.45) is 5.19. The zero-order valence-electron chi connectivity index (χ0n) is 14.7. The van der Waals surface area contributed by atoms with E-state index >= 15 is 0 Å². The number of amides is 1. The molecule has 2 N–H and O–H groups in total. The summed E-state index contributed by atoms with van der Waals surface area (Å²) < 4.78 is 7.07. The molecule has 9 heteroatoms. The summed E-state index contributed by atoms with van der Waals surface area (Å²) in [6, 6.07) is 9.13. The molecule has 0 aliphatic carbocycles. The maximum absolute atomic E-state index is 12.6. The Hall–Kier alpha value is -3.72. The van der Waals surface area contributed by atoms with Crippen LogP contribution in [0.2, 0.25) is 0 Å². The van der Waals surface area contributed by atoms with Crippen LogP contribution in [0.3, 0.4) is 0 Å². The molecule has 4 heterocycles. The molecule has 5 rings (SSSR count). The Morgan fingerprint density at radius 3 is 3.00 bits per heavy atom. The van der Waals surface area contributed by atoms with Crippen molar-refractivity contribution in [2.45, 2.75) is 0 Å². The molecular formula is C19H14N6O2S. The van der Waals surface area contributed by atoms with Crippen molar-refractivity contribution >= 4 is 34.0 Å². The number of anilines is 1. The first-order chi connectivity index (χ1) is 13.7. The fourth-order valence-corrected chi connectivity index (χ4v) is 3.63. The molecule has 0 fully saturated rings. The van der Waals surface area contributed by atoms with E-state index in [1.807, 2.05) is 37.5 Å². The highest BCUT2D eigenvalue weighted by Crippen LogP contribution is 2.25. The van der Waals surface area contributed by atoms with Gasteiger partial charge in [-0.05, 0) is 30.3 Å². The normalized spacial score (nSPS) is 11.2. The number of H-pyrrole nitrogens is 1. The van der Waals surface area contributed by atoms with Gasteiger partial charge in [0.2, 0.25) is 0 Å². The number of aromatic nitrogens is 5. The largest absolute Gasteiger partial charge is 0.461 e. The SMILES string of the molecule is Cn1cc(-c2nc(C(=O)Nc3ccc4nc(-c5ccco5)[nH]c4c3)cs2)cn1. The van der Waals surface area contributed by atoms with Gasteiger partial charge in [-0.1, -0.05) is 0 Å². The van der Waals surface area contributed by atoms with Crippen molar-refractivity contribution in [1.82, 2.24) is 24.7 Å². The van der Waals surface area contributed by atoms with Gasteiger partial charge in [0.25, 0.3) is 5.91 Å². The predicted molar refractivity (Wildman–Crippen MR) is 106 cm³/mol. The molecule has 4 aromatic heterocycles. The van der Waals surface area contributed by atoms with Crippen LogP contribution in [0.25, 0.3) is 33.2 Å². The number of aromatic amines is 1. The van der Waals surface area contributed by atoms with E-state index < -0.39 is 0 Å². The second-order valence-corrected chi connectivity index (χ2v) is 7.05. The third-order valence-electron chi connectivity index (χ3n) is 4.18. The van der Waals surface area contributed by atoms with Crippen LogP contribution < -0.4 is 5.32 Å². The van der Waals surface area contributed by atoms with Gasteiger partial charge in [-0.3, -0.25) is 9.48 Å². The Morgan fingerprint density at radius 1 is 1.29 bits per heavy atom. The molecular weight excluding hydrogens is 376 g/mol. The van der Waals surface area contributed by atoms with E-state index in [2.05, 4.69) is 25.4 Å². The number of benzene rings is 1. The Kier molecular flexibility index (Phi) is 3.80. The lowest BCUT2D eigenvalue weighted by Crippen LogP contribution is -2.12. The van der Waals surface area contributed by atoms with Gasteiger partial charge < -0.3 is 14.7 Å². The standard InChI is InChI=1S/C19H14N6O2S/c1-25-9-11(8-20-25)19-24-15(10-28-19)18(26)21-12-4-5-13-14(7-12)23-17(22-13)16-3-2-6-27-16/h2-10H,1H3,(H,21,26)(H,22,23). The summed E-state index contributed by atoms with van der Waals surface area (Å²) in [7, 11) is 1.84. The van der Waals surface area contributed by atoms with E-state index in [1.54, 1.807) is 28.6 Å². The molecule has 0 atom stereocenters. The molecule has 0 saturated carbocycles. The summed E-state index contributed by atoms with van der Waals surface area (Å²) >= 11 is 1.41. The topological polar surface area (TPSA) is 102 Å². The maximum atomic E-state index is 12.6. The first kappa shape index (κ1) is 16.5. The molecule has 28 heavy (non-hydrogen) atoms. The Balaban J connectivity index is 1.37. The highest BCUT2D eigenvalue weighted by atomic mass is 32.1. The van der Waals surface area contributed by atoms with Gasteiger partial charge >= 0.3 is 0 Å². The van der Waals surface area contributed by atoms with Gasteiger partial charge in [0, 0.05) is 29.9 Å². The molecule has 5 aromatic rings. The number of rotatable bonds is 4. The molecule has 0 aliphatic heterocycles. The molecule has 1 aromatic carbocycles. The summed E-state index contributed by atoms with van der Waals surface area (Å²) in [4.78, 5) is 24.7. The Bertz CT molecular complexity index is 1280. The van der Waals surface area contributed by atoms with Crippen molar-refractivity contribution in [2.75, 3.05) is 5.32 Å². The second kappa shape index (κ2) is 6.46. The molecule has 0 radical (unpaired) electrons. The number of carbonyl (C=O) groups is 1. The van der Waals surface area contributed by atoms with E-state index in [-0.39, 0.29) is 5.91 Å². The molecule has 0 spiro atoms. The summed E-state index contributed by atoms with van der Waals surface area (Å²) in [5, 5.41) is 9.50. The van der Waals surface area contributed by atoms with Gasteiger partial charge in [0.05, 0.1) is 23.5 Å². The third-order valence-corrected chi connectivity index (χ3v) is 5.07. The van der Waals surface area contributed by atoms with Crippen LogP contribution in [0.5, 0.6) is 0 Å². The number of thiazole rings is 1. The van der Waals surface area contributed by atoms with E-state index in [9.17, 15) is 4.79 Å². The summed E-state index contributed by atoms with van der Waals surface area (Å²) in [5.41, 5.74) is 3.50. The first-order valence-corrected chi connectivity index (χ1v) is 9.33. The van der Waals surface area contributed by atoms with Crippen LogP contribution in [0.1, 0.15) is 10.5 Å². The van der Waals surface area contributed by atoms with Crippen LogP contribution in [0, 0.1) is 0 Å². The minimum atomic E-state index is -0.267. The average molecular weight is 390 g/mol. The zero-order valence-corrected chi connectivity index (χ0v) is 15.5. The Labute approximate surface area is 162 Å². The van der Waals surface area contributed by atoms with Crippen molar-refractivity contribution in [1.29, 1.82) is 0 Å². The van der Waals surface area contributed by atoms with Crippen LogP contribution >= 0.6 is 11.3 Å². The van der Waals surface area contributed by atoms with Crippen molar-refractivity contribution in [3.63, 3.8) is 0 Å². The maximum Gasteiger partial charge on any atom is 0.275 e. The lowest BCUT2D eigenvalue weighted by molar-refractivity contribution is 0.102. The lowest BCUT2D eigenvalue weighted by Gasteiger charge is -2.02. The van der Waals surface area contributed by atoms with Gasteiger partial charge in [0.15, 0.2) is 11.6 Å². The molecule has 0 saturated heterocycles. The van der Waals surface area contributed by atoms with Crippen LogP contribution in [-0.2, 0) is 7.05 Å². The van der Waals surface area contributed by atoms with Gasteiger partial charge in [-0.2, -0.15) is 5.10 Å². The highest BCUT2D eigenvalue weighted by Gasteiger charge is 2.14. The fourth-order valence-electron chi connectivity index (χ4n) is 2.85. The summed E-state index contributed by atoms with van der Waals surface area (Å²) in [6.45, 7) is 0. The number of carbonyl (C=O) groups excluding carboxylic acids is 1. The van der Waals surface area contributed by atoms with Gasteiger partial charge in [0.1, 0.15) is 10.7 Å². The van der Waals surface area contributed by atoms with Crippen LogP contribution in [0.15, 0.2) is 58.8 Å². The van der Waals surface area contributed by atoms with E-state index in [0.29, 0.717) is 23.0 Å².